The van der Waals surface area contributed by atoms with Gasteiger partial charge in [0, 0.05) is 23.3 Å². The lowest BCUT2D eigenvalue weighted by Gasteiger charge is -2.44. The highest BCUT2D eigenvalue weighted by Crippen LogP contribution is 2.48. The maximum Gasteiger partial charge on any atom is 0.356 e. The van der Waals surface area contributed by atoms with Crippen molar-refractivity contribution in [3.63, 3.8) is 0 Å². The fourth-order valence-corrected chi connectivity index (χ4v) is 4.68. The number of carbonyl (C=O) groups excluding carboxylic acids is 2. The van der Waals surface area contributed by atoms with Gasteiger partial charge in [-0.1, -0.05) is 30.3 Å². The van der Waals surface area contributed by atoms with Gasteiger partial charge in [-0.25, -0.2) is 9.78 Å². The molecule has 8 heteroatoms. The standard InChI is InChI=1S/C18H19ClN2O4S/c1-3-7-25-18(24)15-13(26-9-11-5-4-6-20-16(11)19)8-12-14(10(2)22)17(23)21(12)15/h3-6,10,12,14,22H,1,7-9H2,2H3/t10-,12-,14-/m1/s1. The first-order valence-corrected chi connectivity index (χ1v) is 9.56. The number of β-lactam (4-membered cyclic amide) rings is 1. The third kappa shape index (κ3) is 3.39. The molecule has 1 N–H and O–H groups in total. The molecule has 2 aliphatic rings. The smallest absolute Gasteiger partial charge is 0.356 e. The zero-order chi connectivity index (χ0) is 18.8. The average Bonchev–Trinajstić information content (AvgIpc) is 2.92. The highest BCUT2D eigenvalue weighted by molar-refractivity contribution is 8.02. The quantitative estimate of drug-likeness (QED) is 0.331. The van der Waals surface area contributed by atoms with E-state index in [0.29, 0.717) is 17.3 Å². The Hall–Kier alpha value is -1.83. The second kappa shape index (κ2) is 7.82. The average molecular weight is 395 g/mol. The first-order valence-electron chi connectivity index (χ1n) is 8.20. The van der Waals surface area contributed by atoms with Crippen molar-refractivity contribution in [2.24, 2.45) is 5.92 Å². The van der Waals surface area contributed by atoms with Crippen LogP contribution in [0.5, 0.6) is 0 Å². The minimum Gasteiger partial charge on any atom is -0.457 e. The van der Waals surface area contributed by atoms with Crippen molar-refractivity contribution in [2.45, 2.75) is 31.2 Å². The summed E-state index contributed by atoms with van der Waals surface area (Å²) in [5.41, 5.74) is 1.11. The van der Waals surface area contributed by atoms with Gasteiger partial charge in [0.25, 0.3) is 0 Å². The number of amides is 1. The Morgan fingerprint density at radius 2 is 2.42 bits per heavy atom. The zero-order valence-electron chi connectivity index (χ0n) is 14.2. The van der Waals surface area contributed by atoms with Gasteiger partial charge in [0.1, 0.15) is 17.5 Å². The van der Waals surface area contributed by atoms with Gasteiger partial charge in [0.15, 0.2) is 0 Å². The van der Waals surface area contributed by atoms with E-state index in [1.165, 1.54) is 22.7 Å². The van der Waals surface area contributed by atoms with Crippen LogP contribution < -0.4 is 0 Å². The molecule has 1 aromatic heterocycles. The summed E-state index contributed by atoms with van der Waals surface area (Å²) in [6.07, 6.45) is 2.85. The molecule has 1 aromatic rings. The van der Waals surface area contributed by atoms with Crippen LogP contribution in [0.1, 0.15) is 18.9 Å². The van der Waals surface area contributed by atoms with Gasteiger partial charge in [-0.05, 0) is 18.6 Å². The van der Waals surface area contributed by atoms with Gasteiger partial charge in [0.05, 0.1) is 18.1 Å². The lowest BCUT2D eigenvalue weighted by molar-refractivity contribution is -0.162. The van der Waals surface area contributed by atoms with E-state index in [-0.39, 0.29) is 24.3 Å². The number of aliphatic hydroxyl groups is 1. The molecule has 1 fully saturated rings. The molecule has 3 rings (SSSR count). The Bertz CT molecular complexity index is 780. The zero-order valence-corrected chi connectivity index (χ0v) is 15.8. The van der Waals surface area contributed by atoms with Crippen LogP contribution in [0.2, 0.25) is 5.15 Å². The van der Waals surface area contributed by atoms with E-state index in [0.717, 1.165) is 10.5 Å². The van der Waals surface area contributed by atoms with Crippen molar-refractivity contribution in [2.75, 3.05) is 6.61 Å². The van der Waals surface area contributed by atoms with Crippen LogP contribution in [0.4, 0.5) is 0 Å². The molecule has 2 aliphatic heterocycles. The second-order valence-electron chi connectivity index (χ2n) is 6.15. The molecule has 6 nitrogen and oxygen atoms in total. The molecule has 138 valence electrons. The number of ether oxygens (including phenoxy) is 1. The predicted octanol–water partition coefficient (Wildman–Crippen LogP) is 2.52. The fraction of sp³-hybridized carbons (Fsp3) is 0.389. The van der Waals surface area contributed by atoms with Crippen molar-refractivity contribution in [1.82, 2.24) is 9.88 Å². The summed E-state index contributed by atoms with van der Waals surface area (Å²) in [6, 6.07) is 3.46. The molecule has 0 aliphatic carbocycles. The molecule has 0 spiro atoms. The van der Waals surface area contributed by atoms with Crippen LogP contribution in [0.25, 0.3) is 0 Å². The molecule has 0 aromatic carbocycles. The maximum absolute atomic E-state index is 12.5. The molecule has 1 saturated heterocycles. The SMILES string of the molecule is C=CCOC(=O)C1=C(SCc2cccnc2Cl)C[C@@H]2[C@@H]([C@@H](C)O)C(=O)N12. The Morgan fingerprint density at radius 3 is 3.08 bits per heavy atom. The van der Waals surface area contributed by atoms with E-state index in [4.69, 9.17) is 16.3 Å². The normalized spacial score (nSPS) is 22.7. The van der Waals surface area contributed by atoms with Crippen LogP contribution in [0.3, 0.4) is 0 Å². The van der Waals surface area contributed by atoms with Gasteiger partial charge in [-0.3, -0.25) is 4.79 Å². The molecular weight excluding hydrogens is 376 g/mol. The minimum absolute atomic E-state index is 0.0707. The molecule has 0 saturated carbocycles. The van der Waals surface area contributed by atoms with Crippen LogP contribution in [0.15, 0.2) is 41.6 Å². The molecule has 26 heavy (non-hydrogen) atoms. The van der Waals surface area contributed by atoms with E-state index in [1.807, 2.05) is 6.07 Å². The van der Waals surface area contributed by atoms with Crippen molar-refractivity contribution >= 4 is 35.2 Å². The predicted molar refractivity (Wildman–Crippen MR) is 99.1 cm³/mol. The Kier molecular flexibility index (Phi) is 5.70. The van der Waals surface area contributed by atoms with Crippen molar-refractivity contribution in [3.8, 4) is 0 Å². The number of thioether (sulfide) groups is 1. The van der Waals surface area contributed by atoms with Gasteiger partial charge in [-0.2, -0.15) is 0 Å². The number of nitrogens with zero attached hydrogens (tertiary/aromatic N) is 2. The molecule has 1 amide bonds. The maximum atomic E-state index is 12.5. The summed E-state index contributed by atoms with van der Waals surface area (Å²) >= 11 is 7.53. The van der Waals surface area contributed by atoms with E-state index in [2.05, 4.69) is 11.6 Å². The van der Waals surface area contributed by atoms with Crippen LogP contribution in [0, 0.1) is 5.92 Å². The number of fused-ring (bicyclic) bond motifs is 1. The summed E-state index contributed by atoms with van der Waals surface area (Å²) in [5.74, 6) is -0.763. The first-order chi connectivity index (χ1) is 12.5. The van der Waals surface area contributed by atoms with Gasteiger partial charge < -0.3 is 14.7 Å². The molecule has 3 heterocycles. The highest BCUT2D eigenvalue weighted by Gasteiger charge is 2.56. The van der Waals surface area contributed by atoms with Gasteiger partial charge >= 0.3 is 5.97 Å². The number of hydrogen-bond acceptors (Lipinski definition) is 6. The highest BCUT2D eigenvalue weighted by atomic mass is 35.5. The number of aromatic nitrogens is 1. The molecule has 0 bridgehead atoms. The molecular formula is C18H19ClN2O4S. The summed E-state index contributed by atoms with van der Waals surface area (Å²) in [6.45, 7) is 5.19. The van der Waals surface area contributed by atoms with Crippen LogP contribution in [-0.4, -0.2) is 45.6 Å². The topological polar surface area (TPSA) is 79.7 Å². The largest absolute Gasteiger partial charge is 0.457 e. The minimum atomic E-state index is -0.758. The molecule has 3 atom stereocenters. The number of esters is 1. The Labute approximate surface area is 160 Å². The number of halogens is 1. The van der Waals surface area contributed by atoms with Crippen LogP contribution in [-0.2, 0) is 20.1 Å². The monoisotopic (exact) mass is 394 g/mol. The lowest BCUT2D eigenvalue weighted by Crippen LogP contribution is -2.61. The van der Waals surface area contributed by atoms with E-state index in [9.17, 15) is 14.7 Å². The van der Waals surface area contributed by atoms with Crippen molar-refractivity contribution < 1.29 is 19.4 Å². The van der Waals surface area contributed by atoms with Crippen molar-refractivity contribution in [1.29, 1.82) is 0 Å². The third-order valence-corrected chi connectivity index (χ3v) is 5.96. The molecule has 0 unspecified atom stereocenters. The number of rotatable bonds is 7. The third-order valence-electron chi connectivity index (χ3n) is 4.45. The fourth-order valence-electron chi connectivity index (χ4n) is 3.24. The number of aliphatic hydroxyl groups excluding tert-OH is 1. The van der Waals surface area contributed by atoms with E-state index >= 15 is 0 Å². The molecule has 0 radical (unpaired) electrons. The van der Waals surface area contributed by atoms with E-state index < -0.39 is 18.0 Å². The summed E-state index contributed by atoms with van der Waals surface area (Å²) < 4.78 is 5.15. The van der Waals surface area contributed by atoms with Crippen molar-refractivity contribution in [3.05, 3.63) is 52.3 Å². The lowest BCUT2D eigenvalue weighted by atomic mass is 9.83. The van der Waals surface area contributed by atoms with E-state index in [1.54, 1.807) is 19.2 Å². The Balaban J connectivity index is 1.82. The van der Waals surface area contributed by atoms with Gasteiger partial charge in [0.2, 0.25) is 5.91 Å². The number of hydrogen-bond donors (Lipinski definition) is 1. The first kappa shape index (κ1) is 18.9. The number of pyridine rings is 1. The second-order valence-corrected chi connectivity index (χ2v) is 7.58. The summed E-state index contributed by atoms with van der Waals surface area (Å²) in [5, 5.41) is 10.3. The summed E-state index contributed by atoms with van der Waals surface area (Å²) in [7, 11) is 0. The Morgan fingerprint density at radius 1 is 1.65 bits per heavy atom. The van der Waals surface area contributed by atoms with Crippen LogP contribution >= 0.6 is 23.4 Å². The number of carbonyl (C=O) groups is 2. The summed E-state index contributed by atoms with van der Waals surface area (Å²) in [4.78, 5) is 31.1. The van der Waals surface area contributed by atoms with Gasteiger partial charge in [-0.15, -0.1) is 11.8 Å².